The van der Waals surface area contributed by atoms with Crippen molar-refractivity contribution in [2.45, 2.75) is 51.1 Å². The van der Waals surface area contributed by atoms with E-state index in [4.69, 9.17) is 0 Å². The van der Waals surface area contributed by atoms with Crippen LogP contribution in [0.15, 0.2) is 36.7 Å². The molecule has 0 unspecified atom stereocenters. The first-order valence-electron chi connectivity index (χ1n) is 9.35. The number of imidazole rings is 1. The zero-order valence-corrected chi connectivity index (χ0v) is 14.8. The van der Waals surface area contributed by atoms with Crippen molar-refractivity contribution in [3.8, 4) is 0 Å². The molecule has 3 heterocycles. The minimum atomic E-state index is -0.0830. The van der Waals surface area contributed by atoms with Crippen molar-refractivity contribution < 1.29 is 4.79 Å². The average molecular weight is 338 g/mol. The quantitative estimate of drug-likeness (QED) is 0.933. The smallest absolute Gasteiger partial charge is 0.244 e. The van der Waals surface area contributed by atoms with Gasteiger partial charge >= 0.3 is 0 Å². The number of carbonyl (C=O) groups excluding carboxylic acids is 1. The Morgan fingerprint density at radius 1 is 1.16 bits per heavy atom. The van der Waals surface area contributed by atoms with Crippen molar-refractivity contribution in [3.05, 3.63) is 48.0 Å². The summed E-state index contributed by atoms with van der Waals surface area (Å²) in [6, 6.07) is 8.16. The van der Waals surface area contributed by atoms with Gasteiger partial charge in [0.15, 0.2) is 0 Å². The van der Waals surface area contributed by atoms with E-state index in [1.807, 2.05) is 23.2 Å². The number of aryl methyl sites for hydroxylation is 2. The van der Waals surface area contributed by atoms with Crippen LogP contribution in [0, 0.1) is 6.92 Å². The highest BCUT2D eigenvalue weighted by Crippen LogP contribution is 2.26. The fraction of sp³-hybridized carbons (Fsp3) is 0.500. The number of anilines is 1. The molecule has 2 aliphatic heterocycles. The fourth-order valence-corrected chi connectivity index (χ4v) is 4.03. The van der Waals surface area contributed by atoms with E-state index in [0.717, 1.165) is 50.4 Å². The van der Waals surface area contributed by atoms with Gasteiger partial charge in [-0.05, 0) is 44.7 Å². The molecule has 0 saturated carbocycles. The van der Waals surface area contributed by atoms with Crippen molar-refractivity contribution in [2.75, 3.05) is 18.0 Å². The van der Waals surface area contributed by atoms with E-state index in [9.17, 15) is 4.79 Å². The Balaban J connectivity index is 1.41. The molecule has 0 bridgehead atoms. The Labute approximate surface area is 149 Å². The topological polar surface area (TPSA) is 50.2 Å². The van der Waals surface area contributed by atoms with E-state index in [0.29, 0.717) is 5.92 Å². The second-order valence-corrected chi connectivity index (χ2v) is 7.25. The molecular weight excluding hydrogens is 312 g/mol. The van der Waals surface area contributed by atoms with Crippen LogP contribution in [-0.4, -0.2) is 34.6 Å². The summed E-state index contributed by atoms with van der Waals surface area (Å²) in [7, 11) is 0. The highest BCUT2D eigenvalue weighted by Gasteiger charge is 2.30. The minimum absolute atomic E-state index is 0.0830. The first-order chi connectivity index (χ1) is 12.2. The third kappa shape index (κ3) is 3.33. The van der Waals surface area contributed by atoms with E-state index in [-0.39, 0.29) is 11.9 Å². The molecular formula is C20H26N4O. The number of hydrogen-bond donors (Lipinski definition) is 1. The van der Waals surface area contributed by atoms with Gasteiger partial charge in [0.1, 0.15) is 5.82 Å². The summed E-state index contributed by atoms with van der Waals surface area (Å²) in [5.41, 5.74) is 2.23. The molecule has 1 fully saturated rings. The number of aromatic nitrogens is 2. The summed E-state index contributed by atoms with van der Waals surface area (Å²) in [5, 5.41) is 3.54. The Morgan fingerprint density at radius 3 is 2.80 bits per heavy atom. The Morgan fingerprint density at radius 2 is 1.96 bits per heavy atom. The molecule has 2 aromatic rings. The molecule has 2 aliphatic rings. The number of nitrogens with zero attached hydrogens (tertiary/aromatic N) is 3. The van der Waals surface area contributed by atoms with Crippen molar-refractivity contribution >= 4 is 11.6 Å². The van der Waals surface area contributed by atoms with E-state index in [2.05, 4.69) is 40.1 Å². The molecule has 25 heavy (non-hydrogen) atoms. The second kappa shape index (κ2) is 7.00. The van der Waals surface area contributed by atoms with Gasteiger partial charge in [-0.15, -0.1) is 0 Å². The van der Waals surface area contributed by atoms with Crippen LogP contribution < -0.4 is 10.2 Å². The molecule has 1 aromatic heterocycles. The molecule has 0 aliphatic carbocycles. The van der Waals surface area contributed by atoms with E-state index in [1.54, 1.807) is 0 Å². The van der Waals surface area contributed by atoms with E-state index < -0.39 is 0 Å². The summed E-state index contributed by atoms with van der Waals surface area (Å²) in [5.74, 6) is 1.78. The lowest BCUT2D eigenvalue weighted by molar-refractivity contribution is -0.121. The molecule has 5 heteroatoms. The van der Waals surface area contributed by atoms with Crippen molar-refractivity contribution in [1.82, 2.24) is 14.9 Å². The largest absolute Gasteiger partial charge is 0.335 e. The number of benzene rings is 1. The Hall–Kier alpha value is -2.14. The van der Waals surface area contributed by atoms with Gasteiger partial charge < -0.3 is 14.8 Å². The third-order valence-electron chi connectivity index (χ3n) is 5.46. The molecule has 1 amide bonds. The number of hydrogen-bond acceptors (Lipinski definition) is 3. The lowest BCUT2D eigenvalue weighted by Crippen LogP contribution is -2.51. The van der Waals surface area contributed by atoms with Crippen LogP contribution in [0.4, 0.5) is 5.69 Å². The Kier molecular flexibility index (Phi) is 4.57. The van der Waals surface area contributed by atoms with Crippen LogP contribution >= 0.6 is 0 Å². The number of rotatable bonds is 4. The third-order valence-corrected chi connectivity index (χ3v) is 5.46. The van der Waals surface area contributed by atoms with Crippen LogP contribution in [0.3, 0.4) is 0 Å². The SMILES string of the molecule is Cc1ccc(N2CCC[C@H](NC[C@H]3CCCn4ccnc43)C2=O)cc1. The van der Waals surface area contributed by atoms with E-state index >= 15 is 0 Å². The van der Waals surface area contributed by atoms with Gasteiger partial charge in [-0.25, -0.2) is 4.98 Å². The van der Waals surface area contributed by atoms with E-state index in [1.165, 1.54) is 12.0 Å². The van der Waals surface area contributed by atoms with Gasteiger partial charge in [0.05, 0.1) is 6.04 Å². The number of carbonyl (C=O) groups is 1. The zero-order chi connectivity index (χ0) is 17.2. The molecule has 2 atom stereocenters. The van der Waals surface area contributed by atoms with Crippen LogP contribution in [0.2, 0.25) is 0 Å². The molecule has 1 saturated heterocycles. The standard InChI is InChI=1S/C20H26N4O/c1-15-6-8-17(9-7-15)24-12-3-5-18(20(24)25)22-14-16-4-2-11-23-13-10-21-19(16)23/h6-10,13,16,18,22H,2-5,11-12,14H2,1H3/t16-,18+/m1/s1. The predicted octanol–water partition coefficient (Wildman–Crippen LogP) is 2.85. The Bertz CT molecular complexity index is 736. The fourth-order valence-electron chi connectivity index (χ4n) is 4.03. The van der Waals surface area contributed by atoms with Crippen molar-refractivity contribution in [1.29, 1.82) is 0 Å². The number of amides is 1. The maximum Gasteiger partial charge on any atom is 0.244 e. The molecule has 132 valence electrons. The maximum atomic E-state index is 12.9. The molecule has 0 radical (unpaired) electrons. The maximum absolute atomic E-state index is 12.9. The van der Waals surface area contributed by atoms with Crippen LogP contribution in [-0.2, 0) is 11.3 Å². The lowest BCUT2D eigenvalue weighted by atomic mass is 9.97. The highest BCUT2D eigenvalue weighted by molar-refractivity contribution is 5.97. The number of piperidine rings is 1. The first-order valence-corrected chi connectivity index (χ1v) is 9.35. The summed E-state index contributed by atoms with van der Waals surface area (Å²) < 4.78 is 2.25. The van der Waals surface area contributed by atoms with Gasteiger partial charge in [-0.2, -0.15) is 0 Å². The van der Waals surface area contributed by atoms with Gasteiger partial charge in [-0.1, -0.05) is 17.7 Å². The molecule has 4 rings (SSSR count). The minimum Gasteiger partial charge on any atom is -0.335 e. The van der Waals surface area contributed by atoms with Gasteiger partial charge in [0, 0.05) is 43.6 Å². The number of fused-ring (bicyclic) bond motifs is 1. The predicted molar refractivity (Wildman–Crippen MR) is 98.8 cm³/mol. The molecule has 0 spiro atoms. The lowest BCUT2D eigenvalue weighted by Gasteiger charge is -2.34. The van der Waals surface area contributed by atoms with Crippen LogP contribution in [0.5, 0.6) is 0 Å². The van der Waals surface area contributed by atoms with Gasteiger partial charge in [-0.3, -0.25) is 4.79 Å². The molecule has 5 nitrogen and oxygen atoms in total. The van der Waals surface area contributed by atoms with Crippen LogP contribution in [0.25, 0.3) is 0 Å². The first kappa shape index (κ1) is 16.3. The average Bonchev–Trinajstić information content (AvgIpc) is 3.11. The van der Waals surface area contributed by atoms with Gasteiger partial charge in [0.2, 0.25) is 5.91 Å². The number of nitrogens with one attached hydrogen (secondary N) is 1. The van der Waals surface area contributed by atoms with Crippen LogP contribution in [0.1, 0.15) is 43.0 Å². The zero-order valence-electron chi connectivity index (χ0n) is 14.8. The summed E-state index contributed by atoms with van der Waals surface area (Å²) in [6.07, 6.45) is 8.24. The van der Waals surface area contributed by atoms with Crippen molar-refractivity contribution in [3.63, 3.8) is 0 Å². The molecule has 1 N–H and O–H groups in total. The normalized spacial score (nSPS) is 23.6. The monoisotopic (exact) mass is 338 g/mol. The summed E-state index contributed by atoms with van der Waals surface area (Å²) in [6.45, 7) is 4.78. The van der Waals surface area contributed by atoms with Gasteiger partial charge in [0.25, 0.3) is 0 Å². The summed E-state index contributed by atoms with van der Waals surface area (Å²) in [4.78, 5) is 19.4. The molecule has 1 aromatic carbocycles. The highest BCUT2D eigenvalue weighted by atomic mass is 16.2. The second-order valence-electron chi connectivity index (χ2n) is 7.25. The summed E-state index contributed by atoms with van der Waals surface area (Å²) >= 11 is 0. The van der Waals surface area contributed by atoms with Crippen molar-refractivity contribution in [2.24, 2.45) is 0 Å².